The van der Waals surface area contributed by atoms with E-state index in [1.165, 1.54) is 6.42 Å². The van der Waals surface area contributed by atoms with Crippen LogP contribution in [0.15, 0.2) is 0 Å². The van der Waals surface area contributed by atoms with Crippen LogP contribution in [-0.4, -0.2) is 24.7 Å². The Morgan fingerprint density at radius 1 is 1.31 bits per heavy atom. The fourth-order valence-electron chi connectivity index (χ4n) is 2.98. The normalized spacial score (nSPS) is 46.5. The first-order chi connectivity index (χ1) is 7.64. The molecule has 0 amide bonds. The molecule has 0 radical (unpaired) electrons. The summed E-state index contributed by atoms with van der Waals surface area (Å²) in [5, 5.41) is 3.56. The molecule has 3 saturated heterocycles. The van der Waals surface area contributed by atoms with Gasteiger partial charge in [0.1, 0.15) is 5.72 Å². The molecular weight excluding hydrogens is 202 g/mol. The van der Waals surface area contributed by atoms with E-state index in [-0.39, 0.29) is 12.0 Å². The standard InChI is InChI=1S/C13H25NO2/c1-5-7-8-15-12-9(3)11-10(4)13(6-2,14-11)16-12/h9-12,14H,5-8H2,1-4H3. The Morgan fingerprint density at radius 3 is 2.62 bits per heavy atom. The van der Waals surface area contributed by atoms with E-state index in [1.807, 2.05) is 0 Å². The highest BCUT2D eigenvalue weighted by Gasteiger charge is 2.59. The molecule has 16 heavy (non-hydrogen) atoms. The van der Waals surface area contributed by atoms with Gasteiger partial charge in [-0.2, -0.15) is 0 Å². The van der Waals surface area contributed by atoms with Crippen molar-refractivity contribution in [2.75, 3.05) is 6.61 Å². The average Bonchev–Trinajstić information content (AvgIpc) is 2.30. The highest BCUT2D eigenvalue weighted by molar-refractivity contribution is 5.08. The van der Waals surface area contributed by atoms with Crippen LogP contribution in [-0.2, 0) is 9.47 Å². The summed E-state index contributed by atoms with van der Waals surface area (Å²) < 4.78 is 12.0. The summed E-state index contributed by atoms with van der Waals surface area (Å²) in [4.78, 5) is 0. The lowest BCUT2D eigenvalue weighted by molar-refractivity contribution is -0.346. The van der Waals surface area contributed by atoms with Crippen LogP contribution in [0.2, 0.25) is 0 Å². The van der Waals surface area contributed by atoms with E-state index in [4.69, 9.17) is 9.47 Å². The second kappa shape index (κ2) is 4.63. The summed E-state index contributed by atoms with van der Waals surface area (Å²) in [6.45, 7) is 9.70. The van der Waals surface area contributed by atoms with E-state index >= 15 is 0 Å². The third-order valence-corrected chi connectivity index (χ3v) is 4.31. The number of fused-ring (bicyclic) bond motifs is 2. The van der Waals surface area contributed by atoms with Crippen molar-refractivity contribution < 1.29 is 9.47 Å². The van der Waals surface area contributed by atoms with Crippen LogP contribution in [0.5, 0.6) is 0 Å². The fourth-order valence-corrected chi connectivity index (χ4v) is 2.98. The van der Waals surface area contributed by atoms with Crippen LogP contribution in [0, 0.1) is 11.8 Å². The highest BCUT2D eigenvalue weighted by atomic mass is 16.7. The van der Waals surface area contributed by atoms with Gasteiger partial charge in [0.15, 0.2) is 6.29 Å². The van der Waals surface area contributed by atoms with E-state index in [0.717, 1.165) is 19.4 Å². The average molecular weight is 227 g/mol. The number of unbranched alkanes of at least 4 members (excludes halogenated alkanes) is 1. The molecule has 5 unspecified atom stereocenters. The molecular formula is C13H25NO2. The molecule has 0 saturated carbocycles. The molecule has 3 rings (SSSR count). The van der Waals surface area contributed by atoms with Crippen LogP contribution in [0.1, 0.15) is 47.0 Å². The van der Waals surface area contributed by atoms with Gasteiger partial charge in [0, 0.05) is 24.5 Å². The third kappa shape index (κ3) is 1.79. The molecule has 5 atom stereocenters. The van der Waals surface area contributed by atoms with Crippen molar-refractivity contribution in [3.05, 3.63) is 0 Å². The van der Waals surface area contributed by atoms with E-state index in [2.05, 4.69) is 33.0 Å². The molecule has 0 spiro atoms. The zero-order chi connectivity index (χ0) is 11.8. The maximum absolute atomic E-state index is 6.13. The van der Waals surface area contributed by atoms with E-state index in [9.17, 15) is 0 Å². The summed E-state index contributed by atoms with van der Waals surface area (Å²) in [6, 6.07) is 0.570. The minimum Gasteiger partial charge on any atom is -0.352 e. The Hall–Kier alpha value is -0.120. The second-order valence-electron chi connectivity index (χ2n) is 5.27. The predicted molar refractivity (Wildman–Crippen MR) is 64.0 cm³/mol. The first-order valence-electron chi connectivity index (χ1n) is 6.71. The molecule has 1 N–H and O–H groups in total. The maximum Gasteiger partial charge on any atom is 0.163 e. The molecule has 0 aromatic heterocycles. The fraction of sp³-hybridized carbons (Fsp3) is 1.00. The lowest BCUT2D eigenvalue weighted by Gasteiger charge is -2.63. The molecule has 0 aromatic rings. The van der Waals surface area contributed by atoms with Crippen molar-refractivity contribution in [2.24, 2.45) is 11.8 Å². The highest BCUT2D eigenvalue weighted by Crippen LogP contribution is 2.46. The van der Waals surface area contributed by atoms with Crippen LogP contribution >= 0.6 is 0 Å². The lowest BCUT2D eigenvalue weighted by atomic mass is 9.70. The van der Waals surface area contributed by atoms with Gasteiger partial charge in [0.25, 0.3) is 0 Å². The minimum atomic E-state index is -0.103. The van der Waals surface area contributed by atoms with Gasteiger partial charge in [0.05, 0.1) is 0 Å². The van der Waals surface area contributed by atoms with Crippen LogP contribution in [0.4, 0.5) is 0 Å². The Balaban J connectivity index is 1.91. The van der Waals surface area contributed by atoms with Crippen LogP contribution in [0.3, 0.4) is 0 Å². The monoisotopic (exact) mass is 227 g/mol. The smallest absolute Gasteiger partial charge is 0.163 e. The van der Waals surface area contributed by atoms with Crippen LogP contribution in [0.25, 0.3) is 0 Å². The molecule has 3 aliphatic rings. The minimum absolute atomic E-state index is 0.00560. The largest absolute Gasteiger partial charge is 0.352 e. The van der Waals surface area contributed by atoms with Gasteiger partial charge in [0.2, 0.25) is 0 Å². The van der Waals surface area contributed by atoms with Crippen molar-refractivity contribution in [3.63, 3.8) is 0 Å². The number of hydrogen-bond donors (Lipinski definition) is 1. The number of nitrogens with one attached hydrogen (secondary N) is 1. The molecule has 2 bridgehead atoms. The Labute approximate surface area is 98.9 Å². The number of ether oxygens (including phenoxy) is 2. The van der Waals surface area contributed by atoms with Gasteiger partial charge < -0.3 is 9.47 Å². The van der Waals surface area contributed by atoms with Crippen molar-refractivity contribution in [1.82, 2.24) is 5.32 Å². The molecule has 3 nitrogen and oxygen atoms in total. The first-order valence-corrected chi connectivity index (χ1v) is 6.71. The molecule has 3 heteroatoms. The van der Waals surface area contributed by atoms with Crippen molar-refractivity contribution in [2.45, 2.75) is 65.0 Å². The molecule has 3 heterocycles. The number of hydrogen-bond acceptors (Lipinski definition) is 3. The SMILES string of the molecule is CCCCOC1OC2(CC)NC(C1C)C2C. The van der Waals surface area contributed by atoms with Crippen molar-refractivity contribution >= 4 is 0 Å². The molecule has 3 aliphatic heterocycles. The van der Waals surface area contributed by atoms with Gasteiger partial charge in [-0.3, -0.25) is 5.32 Å². The third-order valence-electron chi connectivity index (χ3n) is 4.31. The molecule has 3 fully saturated rings. The molecule has 0 aromatic carbocycles. The first kappa shape index (κ1) is 12.3. The Bertz CT molecular complexity index is 246. The van der Waals surface area contributed by atoms with Gasteiger partial charge in [-0.1, -0.05) is 34.1 Å². The lowest BCUT2D eigenvalue weighted by Crippen LogP contribution is -2.79. The summed E-state index contributed by atoms with van der Waals surface area (Å²) in [5.74, 6) is 1.07. The van der Waals surface area contributed by atoms with E-state index in [1.54, 1.807) is 0 Å². The Kier molecular flexibility index (Phi) is 3.57. The number of rotatable bonds is 5. The van der Waals surface area contributed by atoms with Gasteiger partial charge in [-0.15, -0.1) is 0 Å². The maximum atomic E-state index is 6.13. The molecule has 0 aliphatic carbocycles. The van der Waals surface area contributed by atoms with Crippen molar-refractivity contribution in [3.8, 4) is 0 Å². The predicted octanol–water partition coefficient (Wildman–Crippen LogP) is 2.51. The Morgan fingerprint density at radius 2 is 2.06 bits per heavy atom. The van der Waals surface area contributed by atoms with E-state index in [0.29, 0.717) is 17.9 Å². The summed E-state index contributed by atoms with van der Waals surface area (Å²) in [6.07, 6.45) is 3.32. The summed E-state index contributed by atoms with van der Waals surface area (Å²) >= 11 is 0. The zero-order valence-corrected chi connectivity index (χ0v) is 11.0. The summed E-state index contributed by atoms with van der Waals surface area (Å²) in [5.41, 5.74) is -0.103. The summed E-state index contributed by atoms with van der Waals surface area (Å²) in [7, 11) is 0. The quantitative estimate of drug-likeness (QED) is 0.732. The van der Waals surface area contributed by atoms with Gasteiger partial charge in [-0.05, 0) is 12.8 Å². The topological polar surface area (TPSA) is 30.5 Å². The van der Waals surface area contributed by atoms with Crippen molar-refractivity contribution in [1.29, 1.82) is 0 Å². The van der Waals surface area contributed by atoms with Gasteiger partial charge in [-0.25, -0.2) is 0 Å². The van der Waals surface area contributed by atoms with Crippen LogP contribution < -0.4 is 5.32 Å². The second-order valence-corrected chi connectivity index (χ2v) is 5.27. The zero-order valence-electron chi connectivity index (χ0n) is 11.0. The molecule has 94 valence electrons. The van der Waals surface area contributed by atoms with Gasteiger partial charge >= 0.3 is 0 Å². The van der Waals surface area contributed by atoms with E-state index < -0.39 is 0 Å².